The third-order valence-electron chi connectivity index (χ3n) is 4.53. The number of hydrogen-bond acceptors (Lipinski definition) is 5. The summed E-state index contributed by atoms with van der Waals surface area (Å²) in [5.41, 5.74) is -2.71. The molecule has 0 radical (unpaired) electrons. The summed E-state index contributed by atoms with van der Waals surface area (Å²) in [5, 5.41) is 11.8. The van der Waals surface area contributed by atoms with Crippen LogP contribution in [0.4, 0.5) is 13.2 Å². The largest absolute Gasteiger partial charge is 0.431 e. The highest BCUT2D eigenvalue weighted by molar-refractivity contribution is 6.33. The van der Waals surface area contributed by atoms with Crippen LogP contribution in [-0.4, -0.2) is 29.3 Å². The van der Waals surface area contributed by atoms with Gasteiger partial charge in [0.25, 0.3) is 5.56 Å². The molecule has 0 N–H and O–H groups in total. The second kappa shape index (κ2) is 7.51. The van der Waals surface area contributed by atoms with E-state index in [1.165, 1.54) is 22.9 Å². The van der Waals surface area contributed by atoms with Gasteiger partial charge in [0, 0.05) is 18.7 Å². The molecule has 0 saturated carbocycles. The minimum atomic E-state index is -4.85. The highest BCUT2D eigenvalue weighted by atomic mass is 35.5. The molecule has 0 spiro atoms. The van der Waals surface area contributed by atoms with Crippen molar-refractivity contribution in [2.24, 2.45) is 7.05 Å². The Labute approximate surface area is 176 Å². The Morgan fingerprint density at radius 3 is 2.35 bits per heavy atom. The van der Waals surface area contributed by atoms with Crippen molar-refractivity contribution in [3.63, 3.8) is 0 Å². The van der Waals surface area contributed by atoms with E-state index in [-0.39, 0.29) is 22.1 Å². The highest BCUT2D eigenvalue weighted by Gasteiger charge is 2.35. The van der Waals surface area contributed by atoms with E-state index in [9.17, 15) is 22.8 Å². The number of hydrogen-bond donors (Lipinski definition) is 0. The number of tetrazole rings is 1. The number of halogens is 4. The summed E-state index contributed by atoms with van der Waals surface area (Å²) >= 11 is 6.30. The Morgan fingerprint density at radius 1 is 0.968 bits per heavy atom. The van der Waals surface area contributed by atoms with Crippen LogP contribution in [0.15, 0.2) is 64.2 Å². The third-order valence-corrected chi connectivity index (χ3v) is 4.86. The maximum Gasteiger partial charge on any atom is 0.431 e. The molecular formula is C19H12ClF3N6O2. The van der Waals surface area contributed by atoms with E-state index in [0.717, 1.165) is 7.05 Å². The lowest BCUT2D eigenvalue weighted by Crippen LogP contribution is -2.40. The van der Waals surface area contributed by atoms with Gasteiger partial charge in [-0.15, -0.1) is 5.10 Å². The van der Waals surface area contributed by atoms with Gasteiger partial charge in [0.1, 0.15) is 5.69 Å². The summed E-state index contributed by atoms with van der Waals surface area (Å²) in [6.07, 6.45) is -4.85. The first-order valence-corrected chi connectivity index (χ1v) is 9.10. The molecule has 0 unspecified atom stereocenters. The van der Waals surface area contributed by atoms with Crippen molar-refractivity contribution in [1.29, 1.82) is 0 Å². The van der Waals surface area contributed by atoms with Crippen molar-refractivity contribution in [3.8, 4) is 22.8 Å². The molecule has 158 valence electrons. The number of para-hydroxylation sites is 1. The van der Waals surface area contributed by atoms with E-state index >= 15 is 0 Å². The monoisotopic (exact) mass is 448 g/mol. The molecule has 0 aliphatic carbocycles. The maximum absolute atomic E-state index is 13.1. The Bertz CT molecular complexity index is 1390. The van der Waals surface area contributed by atoms with Crippen molar-refractivity contribution in [3.05, 3.63) is 86.2 Å². The van der Waals surface area contributed by atoms with Gasteiger partial charge in [0.05, 0.1) is 16.4 Å². The number of alkyl halides is 3. The quantitative estimate of drug-likeness (QED) is 0.481. The molecule has 0 bridgehead atoms. The molecule has 2 aromatic carbocycles. The fraction of sp³-hybridized carbons (Fsp3) is 0.105. The Morgan fingerprint density at radius 2 is 1.68 bits per heavy atom. The number of nitrogens with zero attached hydrogens (tertiary/aromatic N) is 6. The average Bonchev–Trinajstić information content (AvgIpc) is 3.21. The summed E-state index contributed by atoms with van der Waals surface area (Å²) in [4.78, 5) is 25.0. The van der Waals surface area contributed by atoms with Crippen LogP contribution in [0.5, 0.6) is 0 Å². The first-order valence-electron chi connectivity index (χ1n) is 8.73. The Balaban J connectivity index is 1.91. The molecule has 0 amide bonds. The van der Waals surface area contributed by atoms with Gasteiger partial charge < -0.3 is 0 Å². The summed E-state index contributed by atoms with van der Waals surface area (Å²) in [5.74, 6) is 0.217. The smallest absolute Gasteiger partial charge is 0.292 e. The molecule has 4 aromatic rings. The molecule has 4 rings (SSSR count). The van der Waals surface area contributed by atoms with Gasteiger partial charge in [0.2, 0.25) is 0 Å². The predicted octanol–water partition coefficient (Wildman–Crippen LogP) is 2.85. The molecule has 8 nitrogen and oxygen atoms in total. The van der Waals surface area contributed by atoms with E-state index in [4.69, 9.17) is 11.6 Å². The first kappa shape index (κ1) is 20.5. The zero-order valence-electron chi connectivity index (χ0n) is 15.7. The molecule has 12 heteroatoms. The van der Waals surface area contributed by atoms with E-state index in [1.54, 1.807) is 24.3 Å². The molecular weight excluding hydrogens is 437 g/mol. The van der Waals surface area contributed by atoms with Gasteiger partial charge in [-0.05, 0) is 40.8 Å². The number of benzene rings is 2. The molecule has 0 fully saturated rings. The van der Waals surface area contributed by atoms with Gasteiger partial charge in [0.15, 0.2) is 5.82 Å². The SMILES string of the molecule is Cn1c(C(F)(F)F)cc(=O)n(-c2ccc(Cl)c(-c3nnnn3-c3ccccc3)c2)c1=O. The van der Waals surface area contributed by atoms with Crippen molar-refractivity contribution in [1.82, 2.24) is 29.3 Å². The fourth-order valence-electron chi connectivity index (χ4n) is 3.06. The van der Waals surface area contributed by atoms with E-state index in [0.29, 0.717) is 20.9 Å². The van der Waals surface area contributed by atoms with Gasteiger partial charge in [-0.2, -0.15) is 17.9 Å². The Hall–Kier alpha value is -3.73. The van der Waals surface area contributed by atoms with Crippen molar-refractivity contribution < 1.29 is 13.2 Å². The second-order valence-electron chi connectivity index (χ2n) is 6.46. The number of rotatable bonds is 3. The lowest BCUT2D eigenvalue weighted by atomic mass is 10.1. The minimum absolute atomic E-state index is 0.0151. The normalized spacial score (nSPS) is 11.6. The van der Waals surface area contributed by atoms with Gasteiger partial charge in [-0.25, -0.2) is 9.36 Å². The fourth-order valence-corrected chi connectivity index (χ4v) is 3.26. The maximum atomic E-state index is 13.1. The van der Waals surface area contributed by atoms with Crippen LogP contribution >= 0.6 is 11.6 Å². The second-order valence-corrected chi connectivity index (χ2v) is 6.86. The molecule has 0 aliphatic rings. The van der Waals surface area contributed by atoms with Gasteiger partial charge in [-0.3, -0.25) is 9.36 Å². The van der Waals surface area contributed by atoms with Gasteiger partial charge in [-0.1, -0.05) is 29.8 Å². The van der Waals surface area contributed by atoms with E-state index in [1.807, 2.05) is 6.07 Å². The van der Waals surface area contributed by atoms with E-state index < -0.39 is 23.1 Å². The van der Waals surface area contributed by atoms with Crippen LogP contribution in [0.1, 0.15) is 5.69 Å². The molecule has 0 aliphatic heterocycles. The van der Waals surface area contributed by atoms with Crippen LogP contribution in [0.25, 0.3) is 22.8 Å². The van der Waals surface area contributed by atoms with Crippen LogP contribution in [0.3, 0.4) is 0 Å². The zero-order valence-corrected chi connectivity index (χ0v) is 16.5. The van der Waals surface area contributed by atoms with Crippen LogP contribution in [-0.2, 0) is 13.2 Å². The molecule has 2 heterocycles. The van der Waals surface area contributed by atoms with Crippen LogP contribution in [0, 0.1) is 0 Å². The number of aromatic nitrogens is 6. The summed E-state index contributed by atoms with van der Waals surface area (Å²) in [6.45, 7) is 0. The predicted molar refractivity (Wildman–Crippen MR) is 105 cm³/mol. The van der Waals surface area contributed by atoms with Crippen LogP contribution in [0.2, 0.25) is 5.02 Å². The topological polar surface area (TPSA) is 87.6 Å². The molecule has 2 aromatic heterocycles. The zero-order chi connectivity index (χ0) is 22.3. The van der Waals surface area contributed by atoms with Crippen LogP contribution < -0.4 is 11.2 Å². The first-order chi connectivity index (χ1) is 14.7. The van der Waals surface area contributed by atoms with Gasteiger partial charge >= 0.3 is 11.9 Å². The van der Waals surface area contributed by atoms with Crippen molar-refractivity contribution in [2.45, 2.75) is 6.18 Å². The summed E-state index contributed by atoms with van der Waals surface area (Å²) in [7, 11) is 0.938. The summed E-state index contributed by atoms with van der Waals surface area (Å²) < 4.78 is 41.7. The van der Waals surface area contributed by atoms with Crippen molar-refractivity contribution >= 4 is 11.6 Å². The Kier molecular flexibility index (Phi) is 4.97. The molecule has 0 atom stereocenters. The lowest BCUT2D eigenvalue weighted by Gasteiger charge is -2.14. The standard InChI is InChI=1S/C19H12ClF3N6O2/c1-27-15(19(21,22)23)10-16(30)28(18(27)31)12-7-8-14(20)13(9-12)17-24-25-26-29(17)11-5-3-2-4-6-11/h2-10H,1H3. The van der Waals surface area contributed by atoms with E-state index in [2.05, 4.69) is 15.5 Å². The highest BCUT2D eigenvalue weighted by Crippen LogP contribution is 2.30. The third kappa shape index (κ3) is 3.63. The minimum Gasteiger partial charge on any atom is -0.292 e. The summed E-state index contributed by atoms with van der Waals surface area (Å²) in [6, 6.07) is 13.4. The average molecular weight is 449 g/mol. The molecule has 31 heavy (non-hydrogen) atoms. The lowest BCUT2D eigenvalue weighted by molar-refractivity contribution is -0.144. The molecule has 0 saturated heterocycles. The van der Waals surface area contributed by atoms with Crippen molar-refractivity contribution in [2.75, 3.05) is 0 Å².